The monoisotopic (exact) mass is 533 g/mol. The molecule has 1 aliphatic heterocycles. The Balaban J connectivity index is 2.30. The van der Waals surface area contributed by atoms with Crippen molar-refractivity contribution in [3.8, 4) is 0 Å². The molecular formula is C14H21N3O13P2S. The largest absolute Gasteiger partial charge is 0.480 e. The van der Waals surface area contributed by atoms with Gasteiger partial charge in [-0.3, -0.25) is 33.0 Å². The van der Waals surface area contributed by atoms with E-state index < -0.39 is 82.4 Å². The number of hydrogen-bond acceptors (Lipinski definition) is 10. The van der Waals surface area contributed by atoms with Gasteiger partial charge in [0.2, 0.25) is 7.23 Å². The number of carboxylic acids is 2. The first-order valence-electron chi connectivity index (χ1n) is 8.91. The van der Waals surface area contributed by atoms with Crippen LogP contribution in [-0.4, -0.2) is 86.4 Å². The van der Waals surface area contributed by atoms with E-state index in [2.05, 4.69) is 12.2 Å². The van der Waals surface area contributed by atoms with Crippen LogP contribution in [0.5, 0.6) is 0 Å². The third kappa shape index (κ3) is 7.34. The van der Waals surface area contributed by atoms with Gasteiger partial charge in [0, 0.05) is 19.4 Å². The van der Waals surface area contributed by atoms with Crippen molar-refractivity contribution in [3.63, 3.8) is 0 Å². The maximum Gasteiger partial charge on any atom is 0.406 e. The van der Waals surface area contributed by atoms with Crippen LogP contribution in [0.15, 0.2) is 21.9 Å². The van der Waals surface area contributed by atoms with Crippen molar-refractivity contribution in [2.24, 2.45) is 0 Å². The molecule has 0 aliphatic carbocycles. The van der Waals surface area contributed by atoms with E-state index in [9.17, 15) is 33.2 Å². The van der Waals surface area contributed by atoms with Gasteiger partial charge in [0.05, 0.1) is 6.61 Å². The highest BCUT2D eigenvalue weighted by molar-refractivity contribution is 8.39. The number of thiol groups is 1. The van der Waals surface area contributed by atoms with Gasteiger partial charge in [-0.25, -0.2) is 9.36 Å². The predicted octanol–water partition coefficient (Wildman–Crippen LogP) is -1.26. The van der Waals surface area contributed by atoms with E-state index in [-0.39, 0.29) is 4.67 Å². The molecule has 19 heteroatoms. The first kappa shape index (κ1) is 27.4. The molecule has 1 saturated heterocycles. The molecule has 0 bridgehead atoms. The molecular weight excluding hydrogens is 512 g/mol. The van der Waals surface area contributed by atoms with E-state index in [4.69, 9.17) is 28.7 Å². The summed E-state index contributed by atoms with van der Waals surface area (Å²) in [5, 5.41) is 17.7. The maximum atomic E-state index is 12.5. The fraction of sp³-hybridized carbons (Fsp3) is 0.571. The highest BCUT2D eigenvalue weighted by Gasteiger charge is 2.49. The zero-order valence-corrected chi connectivity index (χ0v) is 19.6. The summed E-state index contributed by atoms with van der Waals surface area (Å²) in [6, 6.07) is 1.02. The second kappa shape index (κ2) is 11.6. The summed E-state index contributed by atoms with van der Waals surface area (Å²) in [4.78, 5) is 57.5. The van der Waals surface area contributed by atoms with Crippen LogP contribution in [0.4, 0.5) is 0 Å². The van der Waals surface area contributed by atoms with E-state index in [1.54, 1.807) is 0 Å². The Morgan fingerprint density at radius 2 is 1.91 bits per heavy atom. The number of aromatic nitrogens is 2. The zero-order valence-electron chi connectivity index (χ0n) is 16.8. The molecule has 0 aromatic carbocycles. The van der Waals surface area contributed by atoms with Crippen LogP contribution in [0, 0.1) is 0 Å². The minimum absolute atomic E-state index is 0.196. The molecule has 0 amide bonds. The molecule has 1 aromatic rings. The van der Waals surface area contributed by atoms with Crippen molar-refractivity contribution in [1.29, 1.82) is 0 Å². The number of nitrogens with zero attached hydrogens (tertiary/aromatic N) is 2. The van der Waals surface area contributed by atoms with Gasteiger partial charge in [-0.15, -0.1) is 0 Å². The molecule has 6 atom stereocenters. The van der Waals surface area contributed by atoms with E-state index in [1.165, 1.54) is 7.11 Å². The van der Waals surface area contributed by atoms with Crippen molar-refractivity contribution in [2.45, 2.75) is 24.5 Å². The summed E-state index contributed by atoms with van der Waals surface area (Å²) in [5.74, 6) is -3.17. The van der Waals surface area contributed by atoms with Crippen LogP contribution in [0.3, 0.4) is 0 Å². The first-order chi connectivity index (χ1) is 15.4. The van der Waals surface area contributed by atoms with Gasteiger partial charge < -0.3 is 29.1 Å². The normalized spacial score (nSPS) is 25.6. The topological polar surface area (TPSA) is 224 Å². The highest BCUT2D eigenvalue weighted by Crippen LogP contribution is 2.48. The fourth-order valence-electron chi connectivity index (χ4n) is 3.00. The quantitative estimate of drug-likeness (QED) is 0.156. The Morgan fingerprint density at radius 1 is 1.30 bits per heavy atom. The summed E-state index contributed by atoms with van der Waals surface area (Å²) in [5.41, 5.74) is -1.57. The van der Waals surface area contributed by atoms with Gasteiger partial charge in [-0.05, 0) is 0 Å². The summed E-state index contributed by atoms with van der Waals surface area (Å²) in [6.45, 7) is -3.02. The lowest BCUT2D eigenvalue weighted by Crippen LogP contribution is -2.39. The van der Waals surface area contributed by atoms with Gasteiger partial charge in [-0.1, -0.05) is 12.2 Å². The van der Waals surface area contributed by atoms with Crippen molar-refractivity contribution < 1.29 is 52.3 Å². The summed E-state index contributed by atoms with van der Waals surface area (Å²) >= 11 is 3.69. The molecule has 1 fully saturated rings. The van der Waals surface area contributed by atoms with Crippen molar-refractivity contribution in [3.05, 3.63) is 33.1 Å². The second-order valence-corrected chi connectivity index (χ2v) is 10.2. The van der Waals surface area contributed by atoms with Gasteiger partial charge >= 0.3 is 25.4 Å². The molecule has 2 heterocycles. The average molecular weight is 533 g/mol. The molecule has 2 rings (SSSR count). The molecule has 186 valence electrons. The Morgan fingerprint density at radius 3 is 2.39 bits per heavy atom. The van der Waals surface area contributed by atoms with Gasteiger partial charge in [0.1, 0.15) is 31.4 Å². The van der Waals surface area contributed by atoms with Crippen LogP contribution < -0.4 is 11.2 Å². The third-order valence-electron chi connectivity index (χ3n) is 4.32. The van der Waals surface area contributed by atoms with E-state index in [0.717, 1.165) is 16.8 Å². The van der Waals surface area contributed by atoms with Gasteiger partial charge in [-0.2, -0.15) is 4.67 Å². The number of aromatic amines is 1. The first-order valence-corrected chi connectivity index (χ1v) is 13.0. The standard InChI is InChI=1S/C14H21N3O13P2S/c1-27-12-11(30-31(24)33)7(29-13(12)17-3-2-8(18)15-14(17)23)6-28-32(25,26)16(4-9(19)20)5-10(21)22/h2-3,7,11-13,31H,4-6H2,1H3,(H,19,20)(H,21,22)(H,24,33)(H,25,26)(H,15,18,23)/t7?,11?,12-,13+/m0/s1. The number of nitrogens with one attached hydrogen (secondary N) is 1. The van der Waals surface area contributed by atoms with Gasteiger partial charge in [0.25, 0.3) is 5.56 Å². The van der Waals surface area contributed by atoms with Crippen LogP contribution in [0.25, 0.3) is 0 Å². The number of aliphatic carboxylic acids is 2. The summed E-state index contributed by atoms with van der Waals surface area (Å²) in [6.07, 6.45) is -3.86. The van der Waals surface area contributed by atoms with Crippen LogP contribution in [-0.2, 0) is 37.2 Å². The Bertz CT molecular complexity index is 1050. The third-order valence-corrected chi connectivity index (χ3v) is 6.59. The maximum absolute atomic E-state index is 12.5. The highest BCUT2D eigenvalue weighted by atomic mass is 32.7. The Kier molecular flexibility index (Phi) is 9.60. The van der Waals surface area contributed by atoms with Crippen molar-refractivity contribution >= 4 is 39.2 Å². The van der Waals surface area contributed by atoms with Crippen molar-refractivity contribution in [1.82, 2.24) is 14.2 Å². The number of ether oxygens (including phenoxy) is 2. The molecule has 1 aliphatic rings. The molecule has 0 radical (unpaired) electrons. The molecule has 16 nitrogen and oxygen atoms in total. The van der Waals surface area contributed by atoms with Gasteiger partial charge in [0.15, 0.2) is 6.23 Å². The number of carboxylic acid groups (broad SMARTS) is 2. The number of H-pyrrole nitrogens is 1. The predicted molar refractivity (Wildman–Crippen MR) is 112 cm³/mol. The summed E-state index contributed by atoms with van der Waals surface area (Å²) < 4.78 is 46.3. The Labute approximate surface area is 190 Å². The van der Waals surface area contributed by atoms with Crippen LogP contribution in [0.2, 0.25) is 0 Å². The Hall–Kier alpha value is -1.81. The van der Waals surface area contributed by atoms with Crippen molar-refractivity contribution in [2.75, 3.05) is 26.8 Å². The lowest BCUT2D eigenvalue weighted by molar-refractivity contribution is -0.140. The molecule has 1 aromatic heterocycles. The molecule has 4 unspecified atom stereocenters. The van der Waals surface area contributed by atoms with E-state index in [1.807, 2.05) is 4.98 Å². The lowest BCUT2D eigenvalue weighted by atomic mass is 10.1. The second-order valence-electron chi connectivity index (χ2n) is 6.53. The molecule has 4 N–H and O–H groups in total. The van der Waals surface area contributed by atoms with E-state index >= 15 is 0 Å². The number of carbonyl (C=O) groups is 2. The summed E-state index contributed by atoms with van der Waals surface area (Å²) in [7, 11) is -6.68. The number of hydrogen-bond donors (Lipinski definition) is 5. The minimum atomic E-state index is -4.97. The SMILES string of the molecule is CO[C@H]1C(O[PH](=O)S)C(COP(=O)(O)N(CC(=O)O)CC(=O)O)O[C@H]1n1ccc(=O)[nH]c1=O. The fourth-order valence-corrected chi connectivity index (χ4v) is 4.99. The van der Waals surface area contributed by atoms with Crippen LogP contribution >= 0.6 is 27.2 Å². The minimum Gasteiger partial charge on any atom is -0.480 e. The zero-order chi connectivity index (χ0) is 24.9. The molecule has 0 saturated carbocycles. The number of methoxy groups -OCH3 is 1. The number of rotatable bonds is 12. The average Bonchev–Trinajstić information content (AvgIpc) is 3.01. The lowest BCUT2D eigenvalue weighted by Gasteiger charge is -2.26. The molecule has 33 heavy (non-hydrogen) atoms. The van der Waals surface area contributed by atoms with E-state index in [0.29, 0.717) is 0 Å². The smallest absolute Gasteiger partial charge is 0.406 e. The molecule has 0 spiro atoms. The van der Waals surface area contributed by atoms with Crippen LogP contribution in [0.1, 0.15) is 6.23 Å².